The van der Waals surface area contributed by atoms with Crippen LogP contribution in [0.5, 0.6) is 0 Å². The van der Waals surface area contributed by atoms with Crippen molar-refractivity contribution in [2.45, 2.75) is 13.0 Å². The van der Waals surface area contributed by atoms with Crippen molar-refractivity contribution in [2.75, 3.05) is 13.1 Å². The van der Waals surface area contributed by atoms with Gasteiger partial charge in [0.15, 0.2) is 0 Å². The molecule has 0 radical (unpaired) electrons. The molecule has 3 aromatic rings. The fourth-order valence-corrected chi connectivity index (χ4v) is 3.29. The van der Waals surface area contributed by atoms with E-state index in [-0.39, 0.29) is 23.8 Å². The summed E-state index contributed by atoms with van der Waals surface area (Å²) in [4.78, 5) is 26.8. The quantitative estimate of drug-likeness (QED) is 0.719. The highest BCUT2D eigenvalue weighted by atomic mass is 19.1. The Balaban J connectivity index is 1.48. The summed E-state index contributed by atoms with van der Waals surface area (Å²) in [6.45, 7) is 0.946. The molecule has 0 bridgehead atoms. The summed E-state index contributed by atoms with van der Waals surface area (Å²) >= 11 is 0. The summed E-state index contributed by atoms with van der Waals surface area (Å²) in [5, 5.41) is 5.43. The van der Waals surface area contributed by atoms with Gasteiger partial charge in [-0.1, -0.05) is 36.4 Å². The Hall–Kier alpha value is -3.28. The van der Waals surface area contributed by atoms with Crippen molar-refractivity contribution < 1.29 is 9.18 Å². The molecule has 1 aliphatic heterocycles. The van der Waals surface area contributed by atoms with Gasteiger partial charge in [-0.2, -0.15) is 5.10 Å². The molecule has 0 unspecified atom stereocenters. The highest BCUT2D eigenvalue weighted by Gasteiger charge is 2.19. The number of carbonyl (C=O) groups excluding carboxylic acids is 1. The standard InChI is InChI=1S/C21H18FN3O2/c22-18-7-5-15(6-8-18)16-9-11-24(12-10-16)20(26)14-25-21(27)19-4-2-1-3-17(19)13-23-25/h1-9,13H,10-12,14H2. The number of hydrogen-bond donors (Lipinski definition) is 0. The van der Waals surface area contributed by atoms with Crippen LogP contribution in [-0.4, -0.2) is 33.7 Å². The molecule has 0 saturated carbocycles. The third kappa shape index (κ3) is 3.51. The molecule has 136 valence electrons. The zero-order valence-corrected chi connectivity index (χ0v) is 14.6. The summed E-state index contributed by atoms with van der Waals surface area (Å²) in [6, 6.07) is 13.6. The molecule has 5 nitrogen and oxygen atoms in total. The predicted molar refractivity (Wildman–Crippen MR) is 102 cm³/mol. The first kappa shape index (κ1) is 17.1. The lowest BCUT2D eigenvalue weighted by molar-refractivity contribution is -0.131. The minimum Gasteiger partial charge on any atom is -0.337 e. The minimum absolute atomic E-state index is 0.0800. The Morgan fingerprint density at radius 1 is 1.11 bits per heavy atom. The van der Waals surface area contributed by atoms with E-state index in [1.54, 1.807) is 35.4 Å². The molecule has 2 aromatic carbocycles. The van der Waals surface area contributed by atoms with Crippen LogP contribution < -0.4 is 5.56 Å². The first-order valence-electron chi connectivity index (χ1n) is 8.79. The molecule has 0 spiro atoms. The van der Waals surface area contributed by atoms with Crippen molar-refractivity contribution in [3.8, 4) is 0 Å². The molecule has 0 aliphatic carbocycles. The summed E-state index contributed by atoms with van der Waals surface area (Å²) in [6.07, 6.45) is 4.27. The van der Waals surface area contributed by atoms with Gasteiger partial charge >= 0.3 is 0 Å². The zero-order valence-electron chi connectivity index (χ0n) is 14.6. The number of hydrogen-bond acceptors (Lipinski definition) is 3. The first-order chi connectivity index (χ1) is 13.1. The SMILES string of the molecule is O=C(Cn1ncc2ccccc2c1=O)N1CC=C(c2ccc(F)cc2)CC1. The van der Waals surface area contributed by atoms with E-state index in [0.29, 0.717) is 24.9 Å². The summed E-state index contributed by atoms with van der Waals surface area (Å²) in [5.74, 6) is -0.408. The van der Waals surface area contributed by atoms with Gasteiger partial charge < -0.3 is 4.90 Å². The van der Waals surface area contributed by atoms with E-state index >= 15 is 0 Å². The van der Waals surface area contributed by atoms with Gasteiger partial charge in [0.05, 0.1) is 11.6 Å². The number of fused-ring (bicyclic) bond motifs is 1. The summed E-state index contributed by atoms with van der Waals surface area (Å²) in [5.41, 5.74) is 1.80. The van der Waals surface area contributed by atoms with Gasteiger partial charge in [0.2, 0.25) is 5.91 Å². The normalized spacial score (nSPS) is 14.3. The van der Waals surface area contributed by atoms with Crippen LogP contribution in [0.1, 0.15) is 12.0 Å². The molecule has 27 heavy (non-hydrogen) atoms. The number of halogens is 1. The van der Waals surface area contributed by atoms with Crippen molar-refractivity contribution in [3.63, 3.8) is 0 Å². The molecule has 0 saturated heterocycles. The number of aromatic nitrogens is 2. The fourth-order valence-electron chi connectivity index (χ4n) is 3.29. The van der Waals surface area contributed by atoms with Crippen molar-refractivity contribution in [1.82, 2.24) is 14.7 Å². The molecule has 6 heteroatoms. The van der Waals surface area contributed by atoms with E-state index in [9.17, 15) is 14.0 Å². The molecule has 2 heterocycles. The van der Waals surface area contributed by atoms with Crippen LogP contribution in [0.4, 0.5) is 4.39 Å². The molecule has 1 aromatic heterocycles. The Morgan fingerprint density at radius 2 is 1.89 bits per heavy atom. The third-order valence-corrected chi connectivity index (χ3v) is 4.82. The van der Waals surface area contributed by atoms with Gasteiger partial charge in [-0.3, -0.25) is 9.59 Å². The van der Waals surface area contributed by atoms with Crippen molar-refractivity contribution in [2.24, 2.45) is 0 Å². The largest absolute Gasteiger partial charge is 0.337 e. The Labute approximate surface area is 155 Å². The topological polar surface area (TPSA) is 55.2 Å². The molecule has 1 amide bonds. The molecule has 0 atom stereocenters. The minimum atomic E-state index is -0.264. The second-order valence-electron chi connectivity index (χ2n) is 6.52. The van der Waals surface area contributed by atoms with Crippen LogP contribution >= 0.6 is 0 Å². The number of carbonyl (C=O) groups is 1. The molecule has 0 N–H and O–H groups in total. The Kier molecular flexibility index (Phi) is 4.54. The summed E-state index contributed by atoms with van der Waals surface area (Å²) < 4.78 is 14.3. The van der Waals surface area contributed by atoms with E-state index in [1.807, 2.05) is 18.2 Å². The van der Waals surface area contributed by atoms with Gasteiger partial charge in [0.25, 0.3) is 5.56 Å². The van der Waals surface area contributed by atoms with E-state index in [2.05, 4.69) is 5.10 Å². The highest BCUT2D eigenvalue weighted by molar-refractivity contribution is 5.81. The molecule has 4 rings (SSSR count). The van der Waals surface area contributed by atoms with E-state index in [4.69, 9.17) is 0 Å². The lowest BCUT2D eigenvalue weighted by Crippen LogP contribution is -2.39. The lowest BCUT2D eigenvalue weighted by atomic mass is 9.99. The second kappa shape index (κ2) is 7.15. The van der Waals surface area contributed by atoms with Gasteiger partial charge in [0, 0.05) is 18.5 Å². The average molecular weight is 363 g/mol. The van der Waals surface area contributed by atoms with Gasteiger partial charge in [-0.25, -0.2) is 9.07 Å². The maximum Gasteiger partial charge on any atom is 0.275 e. The maximum absolute atomic E-state index is 13.1. The molecular weight excluding hydrogens is 345 g/mol. The first-order valence-corrected chi connectivity index (χ1v) is 8.79. The van der Waals surface area contributed by atoms with Crippen LogP contribution in [0.2, 0.25) is 0 Å². The highest BCUT2D eigenvalue weighted by Crippen LogP contribution is 2.22. The molecular formula is C21H18FN3O2. The average Bonchev–Trinajstić information content (AvgIpc) is 2.71. The monoisotopic (exact) mass is 363 g/mol. The zero-order chi connectivity index (χ0) is 18.8. The molecule has 1 aliphatic rings. The maximum atomic E-state index is 13.1. The smallest absolute Gasteiger partial charge is 0.275 e. The summed E-state index contributed by atoms with van der Waals surface area (Å²) in [7, 11) is 0. The number of rotatable bonds is 3. The van der Waals surface area contributed by atoms with Crippen molar-refractivity contribution in [3.05, 3.63) is 82.5 Å². The van der Waals surface area contributed by atoms with Gasteiger partial charge in [-0.05, 0) is 35.8 Å². The van der Waals surface area contributed by atoms with Crippen LogP contribution in [0.15, 0.2) is 65.6 Å². The number of amides is 1. The predicted octanol–water partition coefficient (Wildman–Crippen LogP) is 2.85. The van der Waals surface area contributed by atoms with Crippen LogP contribution in [0.3, 0.4) is 0 Å². The van der Waals surface area contributed by atoms with Crippen molar-refractivity contribution in [1.29, 1.82) is 0 Å². The van der Waals surface area contributed by atoms with Crippen LogP contribution in [0, 0.1) is 5.82 Å². The van der Waals surface area contributed by atoms with E-state index < -0.39 is 0 Å². The van der Waals surface area contributed by atoms with Gasteiger partial charge in [-0.15, -0.1) is 0 Å². The third-order valence-electron chi connectivity index (χ3n) is 4.82. The van der Waals surface area contributed by atoms with E-state index in [0.717, 1.165) is 16.5 Å². The number of nitrogens with zero attached hydrogens (tertiary/aromatic N) is 3. The number of benzene rings is 2. The lowest BCUT2D eigenvalue weighted by Gasteiger charge is -2.26. The Morgan fingerprint density at radius 3 is 2.63 bits per heavy atom. The Bertz CT molecular complexity index is 1090. The van der Waals surface area contributed by atoms with E-state index in [1.165, 1.54) is 16.8 Å². The van der Waals surface area contributed by atoms with Crippen molar-refractivity contribution >= 4 is 22.3 Å². The van der Waals surface area contributed by atoms with Gasteiger partial charge in [0.1, 0.15) is 12.4 Å². The fraction of sp³-hybridized carbons (Fsp3) is 0.190. The molecule has 0 fully saturated rings. The van der Waals surface area contributed by atoms with Crippen LogP contribution in [-0.2, 0) is 11.3 Å². The second-order valence-corrected chi connectivity index (χ2v) is 6.52. The van der Waals surface area contributed by atoms with Crippen LogP contribution in [0.25, 0.3) is 16.3 Å².